The quantitative estimate of drug-likeness (QED) is 0.771. The lowest BCUT2D eigenvalue weighted by Gasteiger charge is -2.34. The van der Waals surface area contributed by atoms with E-state index in [1.807, 2.05) is 0 Å². The summed E-state index contributed by atoms with van der Waals surface area (Å²) in [7, 11) is 0. The maximum Gasteiger partial charge on any atom is 0.00965 e. The molecule has 2 N–H and O–H groups in total. The van der Waals surface area contributed by atoms with E-state index in [1.165, 1.54) is 58.0 Å². The summed E-state index contributed by atoms with van der Waals surface area (Å²) >= 11 is 0. The van der Waals surface area contributed by atoms with Crippen LogP contribution in [0.25, 0.3) is 0 Å². The Morgan fingerprint density at radius 2 is 1.82 bits per heavy atom. The highest BCUT2D eigenvalue weighted by Gasteiger charge is 2.32. The van der Waals surface area contributed by atoms with Gasteiger partial charge in [-0.25, -0.2) is 0 Å². The summed E-state index contributed by atoms with van der Waals surface area (Å²) in [5, 5.41) is 0. The average Bonchev–Trinajstić information content (AvgIpc) is 3.10. The van der Waals surface area contributed by atoms with Gasteiger partial charge in [-0.05, 0) is 50.5 Å². The van der Waals surface area contributed by atoms with Crippen molar-refractivity contribution in [2.75, 3.05) is 13.1 Å². The van der Waals surface area contributed by atoms with Gasteiger partial charge in [0.05, 0.1) is 0 Å². The van der Waals surface area contributed by atoms with E-state index in [1.54, 1.807) is 0 Å². The summed E-state index contributed by atoms with van der Waals surface area (Å²) in [4.78, 5) is 2.75. The summed E-state index contributed by atoms with van der Waals surface area (Å²) < 4.78 is 0. The lowest BCUT2D eigenvalue weighted by molar-refractivity contribution is 0.170. The summed E-state index contributed by atoms with van der Waals surface area (Å²) in [6, 6.07) is 1.38. The van der Waals surface area contributed by atoms with E-state index >= 15 is 0 Å². The van der Waals surface area contributed by atoms with Gasteiger partial charge in [-0.15, -0.1) is 0 Å². The lowest BCUT2D eigenvalue weighted by atomic mass is 9.84. The third kappa shape index (κ3) is 4.26. The zero-order chi connectivity index (χ0) is 12.3. The molecule has 2 unspecified atom stereocenters. The maximum absolute atomic E-state index is 6.28. The fourth-order valence-electron chi connectivity index (χ4n) is 3.05. The monoisotopic (exact) mass is 238 g/mol. The first-order valence-electron chi connectivity index (χ1n) is 7.66. The van der Waals surface area contributed by atoms with Gasteiger partial charge in [0.2, 0.25) is 0 Å². The molecule has 2 aliphatic carbocycles. The second-order valence-electron chi connectivity index (χ2n) is 6.62. The van der Waals surface area contributed by atoms with Crippen LogP contribution in [0.2, 0.25) is 0 Å². The minimum absolute atomic E-state index is 0.476. The first-order valence-corrected chi connectivity index (χ1v) is 7.66. The van der Waals surface area contributed by atoms with Crippen molar-refractivity contribution >= 4 is 0 Å². The Morgan fingerprint density at radius 3 is 2.41 bits per heavy atom. The van der Waals surface area contributed by atoms with Crippen LogP contribution in [-0.2, 0) is 0 Å². The topological polar surface area (TPSA) is 29.3 Å². The summed E-state index contributed by atoms with van der Waals surface area (Å²) in [6.07, 6.45) is 9.59. The number of nitrogens with zero attached hydrogens (tertiary/aromatic N) is 1. The smallest absolute Gasteiger partial charge is 0.00965 e. The maximum atomic E-state index is 6.28. The third-order valence-electron chi connectivity index (χ3n) is 4.49. The number of hydrogen-bond donors (Lipinski definition) is 1. The lowest BCUT2D eigenvalue weighted by Crippen LogP contribution is -2.42. The fourth-order valence-corrected chi connectivity index (χ4v) is 3.05. The molecule has 0 saturated heterocycles. The van der Waals surface area contributed by atoms with Crippen molar-refractivity contribution in [2.45, 2.75) is 70.9 Å². The molecule has 2 atom stereocenters. The van der Waals surface area contributed by atoms with E-state index in [2.05, 4.69) is 18.7 Å². The Kier molecular flexibility index (Phi) is 4.87. The molecule has 0 radical (unpaired) electrons. The molecule has 0 aromatic carbocycles. The van der Waals surface area contributed by atoms with E-state index in [9.17, 15) is 0 Å². The Morgan fingerprint density at radius 1 is 1.12 bits per heavy atom. The summed E-state index contributed by atoms with van der Waals surface area (Å²) in [5.41, 5.74) is 6.28. The molecular formula is C15H30N2. The molecule has 2 heteroatoms. The molecule has 0 aromatic heterocycles. The molecule has 2 fully saturated rings. The van der Waals surface area contributed by atoms with E-state index in [0.29, 0.717) is 6.04 Å². The van der Waals surface area contributed by atoms with E-state index in [0.717, 1.165) is 17.9 Å². The highest BCUT2D eigenvalue weighted by Crippen LogP contribution is 2.31. The van der Waals surface area contributed by atoms with Crippen LogP contribution in [0.3, 0.4) is 0 Å². The first-order chi connectivity index (χ1) is 8.16. The van der Waals surface area contributed by atoms with Crippen LogP contribution in [0.4, 0.5) is 0 Å². The van der Waals surface area contributed by atoms with Crippen LogP contribution in [-0.4, -0.2) is 30.1 Å². The zero-order valence-corrected chi connectivity index (χ0v) is 11.7. The van der Waals surface area contributed by atoms with Gasteiger partial charge in [0.1, 0.15) is 0 Å². The molecule has 2 nitrogen and oxygen atoms in total. The van der Waals surface area contributed by atoms with E-state index in [-0.39, 0.29) is 0 Å². The Hall–Kier alpha value is -0.0800. The summed E-state index contributed by atoms with van der Waals surface area (Å²) in [5.74, 6) is 1.60. The molecule has 0 heterocycles. The number of nitrogens with two attached hydrogens (primary N) is 1. The number of rotatable bonds is 6. The second-order valence-corrected chi connectivity index (χ2v) is 6.62. The number of hydrogen-bond acceptors (Lipinski definition) is 2. The van der Waals surface area contributed by atoms with Crippen molar-refractivity contribution in [1.29, 1.82) is 0 Å². The van der Waals surface area contributed by atoms with Crippen molar-refractivity contribution in [3.8, 4) is 0 Å². The van der Waals surface area contributed by atoms with Gasteiger partial charge in [-0.1, -0.05) is 26.7 Å². The molecule has 2 saturated carbocycles. The molecule has 0 amide bonds. The normalized spacial score (nSPS) is 30.2. The van der Waals surface area contributed by atoms with Gasteiger partial charge in [-0.2, -0.15) is 0 Å². The van der Waals surface area contributed by atoms with Gasteiger partial charge in [0.15, 0.2) is 0 Å². The Balaban J connectivity index is 1.79. The van der Waals surface area contributed by atoms with Crippen LogP contribution in [0.5, 0.6) is 0 Å². The van der Waals surface area contributed by atoms with E-state index < -0.39 is 0 Å². The molecule has 2 rings (SSSR count). The second kappa shape index (κ2) is 6.19. The zero-order valence-electron chi connectivity index (χ0n) is 11.7. The van der Waals surface area contributed by atoms with E-state index in [4.69, 9.17) is 5.73 Å². The molecule has 0 bridgehead atoms. The van der Waals surface area contributed by atoms with Crippen LogP contribution < -0.4 is 5.73 Å². The molecule has 0 aromatic rings. The molecule has 100 valence electrons. The van der Waals surface area contributed by atoms with Crippen LogP contribution in [0, 0.1) is 11.8 Å². The summed E-state index contributed by atoms with van der Waals surface area (Å²) in [6.45, 7) is 7.24. The van der Waals surface area contributed by atoms with Crippen LogP contribution >= 0.6 is 0 Å². The minimum Gasteiger partial charge on any atom is -0.327 e. The molecule has 17 heavy (non-hydrogen) atoms. The largest absolute Gasteiger partial charge is 0.327 e. The van der Waals surface area contributed by atoms with Crippen molar-refractivity contribution in [3.63, 3.8) is 0 Å². The van der Waals surface area contributed by atoms with Gasteiger partial charge in [0, 0.05) is 18.6 Å². The highest BCUT2D eigenvalue weighted by molar-refractivity contribution is 4.88. The predicted octanol–water partition coefficient (Wildman–Crippen LogP) is 3.01. The van der Waals surface area contributed by atoms with Gasteiger partial charge >= 0.3 is 0 Å². The van der Waals surface area contributed by atoms with Crippen LogP contribution in [0.15, 0.2) is 0 Å². The first kappa shape index (κ1) is 13.4. The SMILES string of the molecule is CC(C)CCN(CC1CCCCC1N)C1CC1. The Labute approximate surface area is 107 Å². The van der Waals surface area contributed by atoms with Crippen molar-refractivity contribution in [2.24, 2.45) is 17.6 Å². The molecule has 2 aliphatic rings. The molecule has 0 aliphatic heterocycles. The molecule has 0 spiro atoms. The average molecular weight is 238 g/mol. The molecular weight excluding hydrogens is 208 g/mol. The van der Waals surface area contributed by atoms with Crippen molar-refractivity contribution < 1.29 is 0 Å². The fraction of sp³-hybridized carbons (Fsp3) is 1.00. The standard InChI is InChI=1S/C15H30N2/c1-12(2)9-10-17(14-7-8-14)11-13-5-3-4-6-15(13)16/h12-15H,3-11,16H2,1-2H3. The van der Waals surface area contributed by atoms with Gasteiger partial charge in [0.25, 0.3) is 0 Å². The van der Waals surface area contributed by atoms with Gasteiger partial charge < -0.3 is 10.6 Å². The van der Waals surface area contributed by atoms with Crippen molar-refractivity contribution in [1.82, 2.24) is 4.90 Å². The Bertz CT molecular complexity index is 223. The third-order valence-corrected chi connectivity index (χ3v) is 4.49. The van der Waals surface area contributed by atoms with Gasteiger partial charge in [-0.3, -0.25) is 0 Å². The van der Waals surface area contributed by atoms with Crippen molar-refractivity contribution in [3.05, 3.63) is 0 Å². The minimum atomic E-state index is 0.476. The highest BCUT2D eigenvalue weighted by atomic mass is 15.2. The predicted molar refractivity (Wildman–Crippen MR) is 74.0 cm³/mol. The van der Waals surface area contributed by atoms with Crippen LogP contribution in [0.1, 0.15) is 58.8 Å².